The maximum absolute atomic E-state index is 12.9. The minimum absolute atomic E-state index is 0.0509. The largest absolute Gasteiger partial charge is 0.295 e. The quantitative estimate of drug-likeness (QED) is 0.0916. The summed E-state index contributed by atoms with van der Waals surface area (Å²) in [6.45, 7) is 16.1. The molecule has 280 valence electrons. The van der Waals surface area contributed by atoms with E-state index in [4.69, 9.17) is 0 Å². The van der Waals surface area contributed by atoms with Gasteiger partial charge in [0, 0.05) is 5.92 Å². The van der Waals surface area contributed by atoms with Crippen LogP contribution in [0.3, 0.4) is 0 Å². The zero-order chi connectivity index (χ0) is 38.8. The van der Waals surface area contributed by atoms with Crippen molar-refractivity contribution >= 4 is 20.2 Å². The summed E-state index contributed by atoms with van der Waals surface area (Å²) in [7, 11) is -8.97. The van der Waals surface area contributed by atoms with Crippen molar-refractivity contribution < 1.29 is 25.9 Å². The molecule has 0 aliphatic carbocycles. The second-order valence-corrected chi connectivity index (χ2v) is 17.4. The molecular weight excluding hydrogens is 701 g/mol. The molecule has 8 heteroatoms. The molecule has 0 saturated heterocycles. The van der Waals surface area contributed by atoms with E-state index in [9.17, 15) is 25.9 Å². The molecule has 0 radical (unpaired) electrons. The van der Waals surface area contributed by atoms with Crippen LogP contribution in [0.5, 0.6) is 0 Å². The van der Waals surface area contributed by atoms with E-state index < -0.39 is 26.2 Å². The van der Waals surface area contributed by atoms with Gasteiger partial charge in [-0.15, -0.1) is 0 Å². The lowest BCUT2D eigenvalue weighted by Gasteiger charge is -2.27. The number of hydrogen-bond donors (Lipinski definition) is 2. The third-order valence-corrected chi connectivity index (χ3v) is 12.6. The first-order valence-corrected chi connectivity index (χ1v) is 21.3. The van der Waals surface area contributed by atoms with Crippen LogP contribution in [-0.2, 0) is 45.9 Å². The van der Waals surface area contributed by atoms with E-state index in [0.717, 1.165) is 71.0 Å². The van der Waals surface area contributed by atoms with Gasteiger partial charge in [0.15, 0.2) is 0 Å². The number of rotatable bonds is 13. The van der Waals surface area contributed by atoms with Crippen LogP contribution in [0.1, 0.15) is 116 Å². The molecule has 0 amide bonds. The summed E-state index contributed by atoms with van der Waals surface area (Å²) in [6.07, 6.45) is 4.50. The number of hydrogen-bond acceptors (Lipinski definition) is 4. The minimum atomic E-state index is -4.55. The van der Waals surface area contributed by atoms with E-state index in [-0.39, 0.29) is 9.79 Å². The van der Waals surface area contributed by atoms with Gasteiger partial charge in [-0.25, -0.2) is 0 Å². The smallest absolute Gasteiger partial charge is 0.282 e. The second-order valence-electron chi connectivity index (χ2n) is 14.7. The van der Waals surface area contributed by atoms with Gasteiger partial charge in [-0.05, 0) is 151 Å². The molecular formula is C45H52O6S2. The van der Waals surface area contributed by atoms with Crippen LogP contribution in [0, 0.1) is 41.5 Å². The fourth-order valence-corrected chi connectivity index (χ4v) is 10.0. The van der Waals surface area contributed by atoms with Crippen LogP contribution in [0.2, 0.25) is 0 Å². The van der Waals surface area contributed by atoms with E-state index >= 15 is 0 Å². The van der Waals surface area contributed by atoms with Crippen molar-refractivity contribution in [1.82, 2.24) is 0 Å². The van der Waals surface area contributed by atoms with E-state index in [1.807, 2.05) is 19.1 Å². The van der Waals surface area contributed by atoms with Gasteiger partial charge < -0.3 is 0 Å². The lowest BCUT2D eigenvalue weighted by atomic mass is 9.78. The second kappa shape index (κ2) is 16.1. The van der Waals surface area contributed by atoms with Gasteiger partial charge >= 0.3 is 0 Å². The van der Waals surface area contributed by atoms with E-state index in [0.29, 0.717) is 23.1 Å². The molecule has 5 aromatic rings. The zero-order valence-electron chi connectivity index (χ0n) is 32.2. The molecule has 1 atom stereocenters. The Morgan fingerprint density at radius 2 is 1.04 bits per heavy atom. The molecule has 0 bridgehead atoms. The van der Waals surface area contributed by atoms with E-state index in [1.54, 1.807) is 32.0 Å². The normalized spacial score (nSPS) is 12.6. The molecule has 0 heterocycles. The SMILES string of the molecule is CCCc1cc(Cc2c(C)cc(C)cc2C)ccc1C(c1ccc(Cc2c(C)cc(C)c(S(=O)(=O)O)c2C)cc1CCC)c1ccccc1S(=O)(=O)O. The summed E-state index contributed by atoms with van der Waals surface area (Å²) in [5.74, 6) is -0.490. The lowest BCUT2D eigenvalue weighted by molar-refractivity contribution is 0.479. The summed E-state index contributed by atoms with van der Waals surface area (Å²) < 4.78 is 71.1. The average Bonchev–Trinajstić information content (AvgIpc) is 3.06. The van der Waals surface area contributed by atoms with E-state index in [1.165, 1.54) is 33.9 Å². The van der Waals surface area contributed by atoms with E-state index in [2.05, 4.69) is 77.1 Å². The first kappa shape index (κ1) is 40.1. The number of aryl methyl sites for hydroxylation is 7. The van der Waals surface area contributed by atoms with Crippen LogP contribution in [-0.4, -0.2) is 25.9 Å². The fraction of sp³-hybridized carbons (Fsp3) is 0.333. The van der Waals surface area contributed by atoms with Gasteiger partial charge in [0.2, 0.25) is 0 Å². The lowest BCUT2D eigenvalue weighted by Crippen LogP contribution is -2.14. The molecule has 0 spiro atoms. The van der Waals surface area contributed by atoms with Crippen molar-refractivity contribution in [3.05, 3.63) is 162 Å². The van der Waals surface area contributed by atoms with Crippen molar-refractivity contribution in [3.63, 3.8) is 0 Å². The third-order valence-electron chi connectivity index (χ3n) is 10.5. The van der Waals surface area contributed by atoms with Gasteiger partial charge in [-0.3, -0.25) is 9.11 Å². The Morgan fingerprint density at radius 3 is 1.53 bits per heavy atom. The molecule has 1 unspecified atom stereocenters. The maximum Gasteiger partial charge on any atom is 0.295 e. The standard InChI is InChI=1S/C45H52O6S2/c1-9-13-36-24-34(26-41-29(4)21-28(3)22-30(41)5)17-19-38(36)44(40-15-11-12-16-43(40)52(46,47)48)39-20-18-35(25-37(39)14-10-2)27-42-31(6)23-32(7)45(33(42)8)53(49,50)51/h11-12,15-25,44H,9-10,13-14,26-27H2,1-8H3,(H,46,47,48)(H,49,50,51). The third kappa shape index (κ3) is 8.84. The monoisotopic (exact) mass is 752 g/mol. The molecule has 2 N–H and O–H groups in total. The van der Waals surface area contributed by atoms with Crippen LogP contribution < -0.4 is 0 Å². The molecule has 5 aromatic carbocycles. The highest BCUT2D eigenvalue weighted by Crippen LogP contribution is 2.41. The Balaban J connectivity index is 1.71. The van der Waals surface area contributed by atoms with Crippen molar-refractivity contribution in [2.75, 3.05) is 0 Å². The Kier molecular flexibility index (Phi) is 12.2. The van der Waals surface area contributed by atoms with Crippen molar-refractivity contribution in [2.24, 2.45) is 0 Å². The van der Waals surface area contributed by atoms with Gasteiger partial charge in [-0.1, -0.05) is 105 Å². The first-order chi connectivity index (χ1) is 24.9. The molecule has 6 nitrogen and oxygen atoms in total. The molecule has 0 aliphatic heterocycles. The molecule has 5 rings (SSSR count). The molecule has 0 fully saturated rings. The topological polar surface area (TPSA) is 109 Å². The summed E-state index contributed by atoms with van der Waals surface area (Å²) >= 11 is 0. The summed E-state index contributed by atoms with van der Waals surface area (Å²) in [6, 6.07) is 25.8. The highest BCUT2D eigenvalue weighted by molar-refractivity contribution is 7.86. The predicted molar refractivity (Wildman–Crippen MR) is 215 cm³/mol. The minimum Gasteiger partial charge on any atom is -0.282 e. The summed E-state index contributed by atoms with van der Waals surface area (Å²) in [5, 5.41) is 0. The molecule has 0 saturated carbocycles. The number of benzene rings is 5. The van der Waals surface area contributed by atoms with Crippen LogP contribution in [0.25, 0.3) is 0 Å². The van der Waals surface area contributed by atoms with Crippen LogP contribution in [0.4, 0.5) is 0 Å². The highest BCUT2D eigenvalue weighted by Gasteiger charge is 2.29. The van der Waals surface area contributed by atoms with Crippen molar-refractivity contribution in [3.8, 4) is 0 Å². The Hall–Kier alpha value is -4.08. The Bertz CT molecular complexity index is 2370. The zero-order valence-corrected chi connectivity index (χ0v) is 33.8. The predicted octanol–water partition coefficient (Wildman–Crippen LogP) is 10.3. The first-order valence-electron chi connectivity index (χ1n) is 18.4. The molecule has 0 aliphatic rings. The van der Waals surface area contributed by atoms with Crippen molar-refractivity contribution in [1.29, 1.82) is 0 Å². The molecule has 0 aromatic heterocycles. The molecule has 53 heavy (non-hydrogen) atoms. The average molecular weight is 753 g/mol. The Morgan fingerprint density at radius 1 is 0.547 bits per heavy atom. The van der Waals surface area contributed by atoms with Crippen LogP contribution in [0.15, 0.2) is 88.7 Å². The summed E-state index contributed by atoms with van der Waals surface area (Å²) in [5.41, 5.74) is 14.7. The van der Waals surface area contributed by atoms with Crippen molar-refractivity contribution in [2.45, 2.75) is 110 Å². The Labute approximate surface area is 316 Å². The highest BCUT2D eigenvalue weighted by atomic mass is 32.2. The maximum atomic E-state index is 12.9. The van der Waals surface area contributed by atoms with Gasteiger partial charge in [0.25, 0.3) is 20.2 Å². The van der Waals surface area contributed by atoms with Gasteiger partial charge in [-0.2, -0.15) is 16.8 Å². The van der Waals surface area contributed by atoms with Gasteiger partial charge in [0.1, 0.15) is 0 Å². The van der Waals surface area contributed by atoms with Gasteiger partial charge in [0.05, 0.1) is 9.79 Å². The summed E-state index contributed by atoms with van der Waals surface area (Å²) in [4.78, 5) is -0.164. The van der Waals surface area contributed by atoms with Crippen LogP contribution >= 0.6 is 0 Å². The fourth-order valence-electron chi connectivity index (χ4n) is 8.30.